The second-order valence-corrected chi connectivity index (χ2v) is 6.56. The predicted octanol–water partition coefficient (Wildman–Crippen LogP) is 2.93. The van der Waals surface area contributed by atoms with Gasteiger partial charge >= 0.3 is 5.69 Å². The molecule has 0 bridgehead atoms. The predicted molar refractivity (Wildman–Crippen MR) is 111 cm³/mol. The van der Waals surface area contributed by atoms with Crippen molar-refractivity contribution in [2.45, 2.75) is 6.54 Å². The van der Waals surface area contributed by atoms with Crippen LogP contribution in [0.25, 0.3) is 0 Å². The minimum Gasteiger partial charge on any atom is -0.502 e. The van der Waals surface area contributed by atoms with E-state index >= 15 is 0 Å². The van der Waals surface area contributed by atoms with E-state index in [2.05, 4.69) is 10.5 Å². The maximum absolute atomic E-state index is 12.6. The molecule has 152 valence electrons. The van der Waals surface area contributed by atoms with Gasteiger partial charge in [-0.2, -0.15) is 5.10 Å². The van der Waals surface area contributed by atoms with Crippen LogP contribution in [0.15, 0.2) is 70.7 Å². The van der Waals surface area contributed by atoms with Crippen molar-refractivity contribution in [3.63, 3.8) is 0 Å². The van der Waals surface area contributed by atoms with E-state index in [1.54, 1.807) is 36.5 Å². The van der Waals surface area contributed by atoms with Crippen LogP contribution in [-0.2, 0) is 6.54 Å². The second kappa shape index (κ2) is 9.01. The number of nitrogens with zero attached hydrogens (tertiary/aromatic N) is 3. The van der Waals surface area contributed by atoms with Gasteiger partial charge in [-0.3, -0.25) is 19.7 Å². The molecule has 30 heavy (non-hydrogen) atoms. The monoisotopic (exact) mass is 426 g/mol. The number of aromatic nitrogens is 1. The molecule has 0 radical (unpaired) electrons. The molecule has 2 aromatic carbocycles. The minimum atomic E-state index is -0.739. The highest BCUT2D eigenvalue weighted by atomic mass is 35.5. The summed E-state index contributed by atoms with van der Waals surface area (Å²) in [5.74, 6) is -1.22. The van der Waals surface area contributed by atoms with E-state index in [0.717, 1.165) is 23.9 Å². The molecular formula is C20H15ClN4O5. The molecule has 0 atom stereocenters. The van der Waals surface area contributed by atoms with E-state index < -0.39 is 27.8 Å². The lowest BCUT2D eigenvalue weighted by atomic mass is 10.2. The first-order chi connectivity index (χ1) is 14.4. The standard InChI is InChI=1S/C20H15ClN4O5/c21-16-6-2-1-4-14(16)12-24-9-3-5-15(20(24)28)19(27)23-22-11-13-7-8-18(26)17(10-13)25(29)30/h1-11,26H,12H2,(H,23,27)/b22-11-. The molecule has 1 heterocycles. The first kappa shape index (κ1) is 20.7. The zero-order valence-electron chi connectivity index (χ0n) is 15.4. The smallest absolute Gasteiger partial charge is 0.311 e. The molecule has 3 aromatic rings. The normalized spacial score (nSPS) is 10.8. The number of hydrogen-bond acceptors (Lipinski definition) is 6. The van der Waals surface area contributed by atoms with Crippen LogP contribution in [0.3, 0.4) is 0 Å². The summed E-state index contributed by atoms with van der Waals surface area (Å²) < 4.78 is 1.35. The minimum absolute atomic E-state index is 0.126. The van der Waals surface area contributed by atoms with E-state index in [0.29, 0.717) is 5.02 Å². The Kier molecular flexibility index (Phi) is 6.23. The van der Waals surface area contributed by atoms with Gasteiger partial charge in [-0.1, -0.05) is 29.8 Å². The van der Waals surface area contributed by atoms with Crippen molar-refractivity contribution in [2.24, 2.45) is 5.10 Å². The number of aromatic hydroxyl groups is 1. The molecule has 0 spiro atoms. The van der Waals surface area contributed by atoms with Crippen molar-refractivity contribution in [3.8, 4) is 5.75 Å². The lowest BCUT2D eigenvalue weighted by Crippen LogP contribution is -2.31. The lowest BCUT2D eigenvalue weighted by molar-refractivity contribution is -0.385. The Morgan fingerprint density at radius 3 is 2.73 bits per heavy atom. The number of benzene rings is 2. The maximum Gasteiger partial charge on any atom is 0.311 e. The molecule has 0 saturated carbocycles. The van der Waals surface area contributed by atoms with Crippen LogP contribution in [0.1, 0.15) is 21.5 Å². The molecule has 10 heteroatoms. The molecule has 0 aliphatic heterocycles. The summed E-state index contributed by atoms with van der Waals surface area (Å²) >= 11 is 6.12. The summed E-state index contributed by atoms with van der Waals surface area (Å²) in [4.78, 5) is 35.1. The van der Waals surface area contributed by atoms with E-state index in [-0.39, 0.29) is 17.7 Å². The molecule has 0 saturated heterocycles. The highest BCUT2D eigenvalue weighted by molar-refractivity contribution is 6.31. The van der Waals surface area contributed by atoms with Gasteiger partial charge in [-0.25, -0.2) is 5.43 Å². The van der Waals surface area contributed by atoms with Gasteiger partial charge in [0.25, 0.3) is 11.5 Å². The van der Waals surface area contributed by atoms with E-state index in [1.165, 1.54) is 16.7 Å². The Bertz CT molecular complexity index is 1210. The third-order valence-electron chi connectivity index (χ3n) is 4.14. The third kappa shape index (κ3) is 4.70. The molecule has 2 N–H and O–H groups in total. The molecule has 9 nitrogen and oxygen atoms in total. The fourth-order valence-electron chi connectivity index (χ4n) is 2.64. The Labute approximate surface area is 175 Å². The van der Waals surface area contributed by atoms with Gasteiger partial charge in [0.2, 0.25) is 0 Å². The van der Waals surface area contributed by atoms with Crippen molar-refractivity contribution in [2.75, 3.05) is 0 Å². The van der Waals surface area contributed by atoms with Crippen LogP contribution in [0, 0.1) is 10.1 Å². The highest BCUT2D eigenvalue weighted by Crippen LogP contribution is 2.25. The van der Waals surface area contributed by atoms with Crippen LogP contribution in [0.2, 0.25) is 5.02 Å². The Morgan fingerprint density at radius 1 is 1.23 bits per heavy atom. The van der Waals surface area contributed by atoms with Crippen molar-refractivity contribution < 1.29 is 14.8 Å². The number of nitrogens with one attached hydrogen (secondary N) is 1. The Balaban J connectivity index is 1.76. The molecule has 0 unspecified atom stereocenters. The number of carbonyl (C=O) groups excluding carboxylic acids is 1. The Hall–Kier alpha value is -3.98. The quantitative estimate of drug-likeness (QED) is 0.356. The second-order valence-electron chi connectivity index (χ2n) is 6.15. The average molecular weight is 427 g/mol. The number of rotatable bonds is 6. The summed E-state index contributed by atoms with van der Waals surface area (Å²) in [6, 6.07) is 13.6. The van der Waals surface area contributed by atoms with Crippen molar-refractivity contribution in [1.82, 2.24) is 9.99 Å². The van der Waals surface area contributed by atoms with Gasteiger partial charge in [0.05, 0.1) is 17.7 Å². The van der Waals surface area contributed by atoms with Crippen molar-refractivity contribution in [3.05, 3.63) is 103 Å². The van der Waals surface area contributed by atoms with E-state index in [1.807, 2.05) is 0 Å². The molecule has 3 rings (SSSR count). The first-order valence-corrected chi connectivity index (χ1v) is 8.98. The molecule has 0 fully saturated rings. The van der Waals surface area contributed by atoms with Gasteiger partial charge in [-0.05, 0) is 35.9 Å². The summed E-state index contributed by atoms with van der Waals surface area (Å²) in [5.41, 5.74) is 2.08. The number of amides is 1. The van der Waals surface area contributed by atoms with Crippen LogP contribution >= 0.6 is 11.6 Å². The van der Waals surface area contributed by atoms with Crippen LogP contribution in [0.5, 0.6) is 5.75 Å². The first-order valence-electron chi connectivity index (χ1n) is 8.60. The number of nitro benzene ring substituents is 1. The molecule has 1 amide bonds. The zero-order chi connectivity index (χ0) is 21.7. The molecule has 1 aromatic heterocycles. The number of phenolic OH excluding ortho intramolecular Hbond substituents is 1. The Morgan fingerprint density at radius 2 is 2.00 bits per heavy atom. The highest BCUT2D eigenvalue weighted by Gasteiger charge is 2.14. The van der Waals surface area contributed by atoms with Crippen molar-refractivity contribution in [1.29, 1.82) is 0 Å². The fourth-order valence-corrected chi connectivity index (χ4v) is 2.83. The number of nitro groups is 1. The van der Waals surface area contributed by atoms with Gasteiger partial charge in [-0.15, -0.1) is 0 Å². The van der Waals surface area contributed by atoms with Gasteiger partial charge in [0.15, 0.2) is 5.75 Å². The fraction of sp³-hybridized carbons (Fsp3) is 0.0500. The molecule has 0 aliphatic rings. The number of halogens is 1. The summed E-state index contributed by atoms with van der Waals surface area (Å²) in [6.07, 6.45) is 2.71. The number of hydrogen-bond donors (Lipinski definition) is 2. The topological polar surface area (TPSA) is 127 Å². The van der Waals surface area contributed by atoms with Gasteiger partial charge in [0, 0.05) is 22.8 Å². The van der Waals surface area contributed by atoms with Gasteiger partial charge < -0.3 is 9.67 Å². The molecular weight excluding hydrogens is 412 g/mol. The number of pyridine rings is 1. The number of carbonyl (C=O) groups is 1. The zero-order valence-corrected chi connectivity index (χ0v) is 16.1. The van der Waals surface area contributed by atoms with E-state index in [4.69, 9.17) is 11.6 Å². The average Bonchev–Trinajstić information content (AvgIpc) is 2.72. The van der Waals surface area contributed by atoms with Crippen LogP contribution in [-0.4, -0.2) is 26.7 Å². The lowest BCUT2D eigenvalue weighted by Gasteiger charge is -2.09. The number of phenols is 1. The maximum atomic E-state index is 12.6. The molecule has 0 aliphatic carbocycles. The van der Waals surface area contributed by atoms with Crippen molar-refractivity contribution >= 4 is 29.4 Å². The third-order valence-corrected chi connectivity index (χ3v) is 4.51. The van der Waals surface area contributed by atoms with Crippen LogP contribution < -0.4 is 11.0 Å². The van der Waals surface area contributed by atoms with Gasteiger partial charge in [0.1, 0.15) is 5.56 Å². The summed E-state index contributed by atoms with van der Waals surface area (Å²) in [6.45, 7) is 0.195. The SMILES string of the molecule is O=C(N/N=C\c1ccc(O)c([N+](=O)[O-])c1)c1cccn(Cc2ccccc2Cl)c1=O. The summed E-state index contributed by atoms with van der Waals surface area (Å²) in [5, 5.41) is 24.5. The number of hydrazone groups is 1. The largest absolute Gasteiger partial charge is 0.502 e. The van der Waals surface area contributed by atoms with Crippen LogP contribution in [0.4, 0.5) is 5.69 Å². The van der Waals surface area contributed by atoms with E-state index in [9.17, 15) is 24.8 Å². The summed E-state index contributed by atoms with van der Waals surface area (Å²) in [7, 11) is 0.